The Morgan fingerprint density at radius 1 is 1.41 bits per heavy atom. The number of H-pyrrole nitrogens is 2. The van der Waals surface area contributed by atoms with Gasteiger partial charge in [-0.25, -0.2) is 9.97 Å². The Balaban J connectivity index is 1.62. The van der Waals surface area contributed by atoms with E-state index in [-0.39, 0.29) is 18.1 Å². The van der Waals surface area contributed by atoms with Gasteiger partial charge in [-0.2, -0.15) is 0 Å². The van der Waals surface area contributed by atoms with E-state index in [9.17, 15) is 15.0 Å². The van der Waals surface area contributed by atoms with Gasteiger partial charge in [0.25, 0.3) is 5.56 Å². The number of pyridine rings is 1. The highest BCUT2D eigenvalue weighted by molar-refractivity contribution is 5.84. The first-order valence-corrected chi connectivity index (χ1v) is 8.94. The lowest BCUT2D eigenvalue weighted by Crippen LogP contribution is -2.24. The largest absolute Gasteiger partial charge is 0.394 e. The van der Waals surface area contributed by atoms with Crippen LogP contribution in [0.3, 0.4) is 0 Å². The zero-order valence-electron chi connectivity index (χ0n) is 14.4. The van der Waals surface area contributed by atoms with Crippen molar-refractivity contribution in [1.82, 2.24) is 24.5 Å². The number of aromatic nitrogens is 5. The first-order chi connectivity index (χ1) is 13.2. The molecule has 2 aliphatic heterocycles. The van der Waals surface area contributed by atoms with E-state index in [2.05, 4.69) is 25.3 Å². The quantitative estimate of drug-likeness (QED) is 0.428. The molecule has 2 aliphatic rings. The molecular formula is C17H20N6O4. The summed E-state index contributed by atoms with van der Waals surface area (Å²) >= 11 is 0. The predicted octanol–water partition coefficient (Wildman–Crippen LogP) is -0.160. The van der Waals surface area contributed by atoms with Crippen LogP contribution in [-0.2, 0) is 11.2 Å². The van der Waals surface area contributed by atoms with E-state index in [0.29, 0.717) is 29.8 Å². The molecule has 1 unspecified atom stereocenters. The van der Waals surface area contributed by atoms with Crippen LogP contribution in [0, 0.1) is 0 Å². The number of ether oxygens (including phenoxy) is 1. The molecule has 5 N–H and O–H groups in total. The number of imidazole rings is 2. The van der Waals surface area contributed by atoms with Gasteiger partial charge in [-0.15, -0.1) is 0 Å². The minimum absolute atomic E-state index is 0.121. The van der Waals surface area contributed by atoms with Gasteiger partial charge < -0.3 is 34.8 Å². The molecule has 10 nitrogen and oxygen atoms in total. The number of nitrogens with zero attached hydrogens (tertiary/aromatic N) is 3. The van der Waals surface area contributed by atoms with Crippen LogP contribution in [0.1, 0.15) is 29.8 Å². The number of aliphatic hydroxyl groups is 2. The summed E-state index contributed by atoms with van der Waals surface area (Å²) in [6, 6.07) is 0. The molecule has 5 rings (SSSR count). The standard InChI is InChI=1S/C17H20N6O4/c24-5-11-10(25)2-12(27-11)23-7-21-14-15(23)13-8(1-9-4-18-6-20-9)3-19-16(13)22-17(14)26/h4,6-8,10-12,24-25H,1-3,5H2,(H,18,20)(H2,19,22,26)/t8?,10-,11+,12-/m0/s1. The van der Waals surface area contributed by atoms with Crippen molar-refractivity contribution >= 4 is 16.9 Å². The molecule has 1 saturated heterocycles. The van der Waals surface area contributed by atoms with Crippen LogP contribution in [-0.4, -0.2) is 60.1 Å². The Morgan fingerprint density at radius 3 is 3.04 bits per heavy atom. The molecule has 4 atom stereocenters. The Bertz CT molecular complexity index is 1030. The van der Waals surface area contributed by atoms with Gasteiger partial charge >= 0.3 is 0 Å². The molecular weight excluding hydrogens is 352 g/mol. The summed E-state index contributed by atoms with van der Waals surface area (Å²) in [5.41, 5.74) is 2.77. The molecule has 0 bridgehead atoms. The normalized spacial score (nSPS) is 27.2. The van der Waals surface area contributed by atoms with Gasteiger partial charge in [-0.3, -0.25) is 4.79 Å². The number of anilines is 1. The van der Waals surface area contributed by atoms with Crippen LogP contribution in [0.25, 0.3) is 11.0 Å². The molecule has 3 aromatic heterocycles. The highest BCUT2D eigenvalue weighted by Crippen LogP contribution is 2.39. The summed E-state index contributed by atoms with van der Waals surface area (Å²) < 4.78 is 7.59. The molecule has 0 saturated carbocycles. The topological polar surface area (TPSA) is 141 Å². The van der Waals surface area contributed by atoms with Crippen molar-refractivity contribution in [3.63, 3.8) is 0 Å². The maximum absolute atomic E-state index is 12.5. The van der Waals surface area contributed by atoms with Crippen LogP contribution < -0.4 is 10.9 Å². The van der Waals surface area contributed by atoms with Gasteiger partial charge in [0, 0.05) is 36.3 Å². The minimum atomic E-state index is -0.758. The van der Waals surface area contributed by atoms with Gasteiger partial charge in [-0.05, 0) is 6.42 Å². The van der Waals surface area contributed by atoms with Crippen LogP contribution in [0.4, 0.5) is 5.82 Å². The van der Waals surface area contributed by atoms with Gasteiger partial charge in [-0.1, -0.05) is 0 Å². The highest BCUT2D eigenvalue weighted by atomic mass is 16.5. The summed E-state index contributed by atoms with van der Waals surface area (Å²) in [5, 5.41) is 22.7. The third-order valence-electron chi connectivity index (χ3n) is 5.42. The number of aromatic amines is 2. The Kier molecular flexibility index (Phi) is 3.78. The molecule has 0 aromatic carbocycles. The average molecular weight is 372 g/mol. The molecule has 0 spiro atoms. The first-order valence-electron chi connectivity index (χ1n) is 8.94. The lowest BCUT2D eigenvalue weighted by atomic mass is 9.96. The third-order valence-corrected chi connectivity index (χ3v) is 5.42. The zero-order valence-corrected chi connectivity index (χ0v) is 14.4. The van der Waals surface area contributed by atoms with E-state index < -0.39 is 18.4 Å². The third kappa shape index (κ3) is 2.56. The molecule has 3 aromatic rings. The second-order valence-electron chi connectivity index (χ2n) is 7.07. The number of rotatable bonds is 4. The number of hydrogen-bond donors (Lipinski definition) is 5. The van der Waals surface area contributed by atoms with Crippen molar-refractivity contribution in [2.75, 3.05) is 18.5 Å². The van der Waals surface area contributed by atoms with E-state index in [1.807, 2.05) is 0 Å². The molecule has 5 heterocycles. The number of hydrogen-bond acceptors (Lipinski definition) is 7. The zero-order chi connectivity index (χ0) is 18.5. The minimum Gasteiger partial charge on any atom is -0.394 e. The van der Waals surface area contributed by atoms with Crippen LogP contribution in [0.2, 0.25) is 0 Å². The highest BCUT2D eigenvalue weighted by Gasteiger charge is 2.37. The van der Waals surface area contributed by atoms with Crippen molar-refractivity contribution in [2.24, 2.45) is 0 Å². The smallest absolute Gasteiger partial charge is 0.277 e. The average Bonchev–Trinajstić information content (AvgIpc) is 3.41. The van der Waals surface area contributed by atoms with Crippen molar-refractivity contribution in [2.45, 2.75) is 37.2 Å². The van der Waals surface area contributed by atoms with Crippen molar-refractivity contribution in [1.29, 1.82) is 0 Å². The summed E-state index contributed by atoms with van der Waals surface area (Å²) in [4.78, 5) is 26.8. The Morgan fingerprint density at radius 2 is 2.30 bits per heavy atom. The summed E-state index contributed by atoms with van der Waals surface area (Å²) in [6.07, 6.45) is 4.20. The number of aliphatic hydroxyl groups excluding tert-OH is 2. The van der Waals surface area contributed by atoms with Gasteiger partial charge in [0.1, 0.15) is 18.1 Å². The van der Waals surface area contributed by atoms with Gasteiger partial charge in [0.05, 0.1) is 30.9 Å². The van der Waals surface area contributed by atoms with Gasteiger partial charge in [0.15, 0.2) is 5.52 Å². The van der Waals surface area contributed by atoms with Crippen LogP contribution >= 0.6 is 0 Å². The van der Waals surface area contributed by atoms with Gasteiger partial charge in [0.2, 0.25) is 0 Å². The molecule has 0 radical (unpaired) electrons. The van der Waals surface area contributed by atoms with E-state index in [4.69, 9.17) is 4.74 Å². The summed E-state index contributed by atoms with van der Waals surface area (Å²) in [5.74, 6) is 0.811. The maximum Gasteiger partial charge on any atom is 0.277 e. The predicted molar refractivity (Wildman–Crippen MR) is 95.5 cm³/mol. The molecule has 0 amide bonds. The SMILES string of the molecule is O=c1[nH]c2c(c3c1ncn3[C@@H]1C[C@H](O)[C@@H](CO)O1)C(Cc1cnc[nH]1)CN2. The maximum atomic E-state index is 12.5. The first kappa shape index (κ1) is 16.5. The van der Waals surface area contributed by atoms with Crippen molar-refractivity contribution < 1.29 is 14.9 Å². The van der Waals surface area contributed by atoms with Crippen LogP contribution in [0.5, 0.6) is 0 Å². The molecule has 0 aliphatic carbocycles. The lowest BCUT2D eigenvalue weighted by Gasteiger charge is -2.17. The fraction of sp³-hybridized carbons (Fsp3) is 0.471. The van der Waals surface area contributed by atoms with E-state index >= 15 is 0 Å². The molecule has 1 fully saturated rings. The summed E-state index contributed by atoms with van der Waals surface area (Å²) in [6.45, 7) is 0.426. The van der Waals surface area contributed by atoms with E-state index in [0.717, 1.165) is 17.7 Å². The fourth-order valence-corrected chi connectivity index (χ4v) is 4.12. The fourth-order valence-electron chi connectivity index (χ4n) is 4.12. The molecule has 142 valence electrons. The van der Waals surface area contributed by atoms with Crippen LogP contribution in [0.15, 0.2) is 23.6 Å². The second-order valence-corrected chi connectivity index (χ2v) is 7.07. The second kappa shape index (κ2) is 6.19. The van der Waals surface area contributed by atoms with Crippen molar-refractivity contribution in [3.05, 3.63) is 40.5 Å². The number of nitrogens with one attached hydrogen (secondary N) is 3. The number of fused-ring (bicyclic) bond motifs is 3. The van der Waals surface area contributed by atoms with E-state index in [1.165, 1.54) is 0 Å². The lowest BCUT2D eigenvalue weighted by molar-refractivity contribution is -0.0431. The van der Waals surface area contributed by atoms with E-state index in [1.54, 1.807) is 23.4 Å². The monoisotopic (exact) mass is 372 g/mol. The Hall–Kier alpha value is -2.69. The summed E-state index contributed by atoms with van der Waals surface area (Å²) in [7, 11) is 0. The Labute approximate surface area is 153 Å². The van der Waals surface area contributed by atoms with Crippen molar-refractivity contribution in [3.8, 4) is 0 Å². The molecule has 27 heavy (non-hydrogen) atoms. The molecule has 10 heteroatoms.